The zero-order valence-electron chi connectivity index (χ0n) is 14.2. The summed E-state index contributed by atoms with van der Waals surface area (Å²) in [4.78, 5) is 15.1. The van der Waals surface area contributed by atoms with Crippen LogP contribution in [0.5, 0.6) is 17.2 Å². The van der Waals surface area contributed by atoms with Crippen LogP contribution in [0.15, 0.2) is 24.3 Å². The summed E-state index contributed by atoms with van der Waals surface area (Å²) in [6, 6.07) is 6.69. The van der Waals surface area contributed by atoms with Crippen LogP contribution in [-0.4, -0.2) is 25.7 Å². The average Bonchev–Trinajstić information content (AvgIpc) is 3.08. The quantitative estimate of drug-likeness (QED) is 0.781. The normalized spacial score (nSPS) is 18.0. The number of halogens is 1. The molecule has 5 nitrogen and oxygen atoms in total. The second kappa shape index (κ2) is 5.90. The molecule has 0 N–H and O–H groups in total. The standard InChI is InChI=1S/C20H18FNO4/c21-19-14-10-24-16-9-18-17(25-11-26-18)8-13(16)20(23)12(14)4-5-15(19)22-6-2-1-3-7-22/h4-5,8-9H,1-3,6-7,10-11H2. The number of anilines is 1. The van der Waals surface area contributed by atoms with Gasteiger partial charge in [0.25, 0.3) is 0 Å². The Morgan fingerprint density at radius 1 is 0.885 bits per heavy atom. The molecule has 3 heterocycles. The van der Waals surface area contributed by atoms with Crippen molar-refractivity contribution in [1.82, 2.24) is 0 Å². The zero-order chi connectivity index (χ0) is 17.7. The van der Waals surface area contributed by atoms with Gasteiger partial charge in [-0.25, -0.2) is 4.39 Å². The lowest BCUT2D eigenvalue weighted by atomic mass is 9.97. The predicted octanol–water partition coefficient (Wildman–Crippen LogP) is 3.67. The zero-order valence-corrected chi connectivity index (χ0v) is 14.2. The van der Waals surface area contributed by atoms with E-state index in [9.17, 15) is 4.79 Å². The number of carbonyl (C=O) groups excluding carboxylic acids is 1. The van der Waals surface area contributed by atoms with E-state index in [0.29, 0.717) is 39.6 Å². The largest absolute Gasteiger partial charge is 0.488 e. The smallest absolute Gasteiger partial charge is 0.231 e. The van der Waals surface area contributed by atoms with Gasteiger partial charge in [0.15, 0.2) is 23.1 Å². The van der Waals surface area contributed by atoms with Gasteiger partial charge in [0, 0.05) is 30.3 Å². The minimum Gasteiger partial charge on any atom is -0.488 e. The van der Waals surface area contributed by atoms with Crippen LogP contribution < -0.4 is 19.1 Å². The average molecular weight is 355 g/mol. The lowest BCUT2D eigenvalue weighted by molar-refractivity contribution is 0.103. The van der Waals surface area contributed by atoms with Crippen molar-refractivity contribution in [3.05, 3.63) is 46.8 Å². The highest BCUT2D eigenvalue weighted by atomic mass is 19.1. The Hall–Kier alpha value is -2.76. The van der Waals surface area contributed by atoms with Crippen LogP contribution in [0.25, 0.3) is 0 Å². The molecule has 0 atom stereocenters. The summed E-state index contributed by atoms with van der Waals surface area (Å²) in [5, 5.41) is 0. The van der Waals surface area contributed by atoms with Gasteiger partial charge in [-0.1, -0.05) is 0 Å². The second-order valence-electron chi connectivity index (χ2n) is 6.79. The van der Waals surface area contributed by atoms with Gasteiger partial charge >= 0.3 is 0 Å². The molecule has 2 aromatic carbocycles. The number of ether oxygens (including phenoxy) is 3. The predicted molar refractivity (Wildman–Crippen MR) is 92.8 cm³/mol. The highest BCUT2D eigenvalue weighted by molar-refractivity contribution is 6.12. The summed E-state index contributed by atoms with van der Waals surface area (Å²) in [6.07, 6.45) is 3.29. The Balaban J connectivity index is 1.58. The SMILES string of the molecule is O=C1c2cc3c(cc2OCc2c1ccc(N1CCCCC1)c2F)OCO3. The maximum absolute atomic E-state index is 15.2. The van der Waals surface area contributed by atoms with Crippen LogP contribution >= 0.6 is 0 Å². The molecule has 1 saturated heterocycles. The van der Waals surface area contributed by atoms with E-state index in [0.717, 1.165) is 25.9 Å². The summed E-state index contributed by atoms with van der Waals surface area (Å²) < 4.78 is 31.7. The molecule has 0 aliphatic carbocycles. The van der Waals surface area contributed by atoms with Crippen LogP contribution in [0.4, 0.5) is 10.1 Å². The van der Waals surface area contributed by atoms with E-state index >= 15 is 4.39 Å². The first-order valence-corrected chi connectivity index (χ1v) is 8.90. The number of hydrogen-bond acceptors (Lipinski definition) is 5. The van der Waals surface area contributed by atoms with Gasteiger partial charge in [-0.3, -0.25) is 4.79 Å². The fraction of sp³-hybridized carbons (Fsp3) is 0.350. The lowest BCUT2D eigenvalue weighted by Gasteiger charge is -2.29. The monoisotopic (exact) mass is 355 g/mol. The Morgan fingerprint density at radius 2 is 1.65 bits per heavy atom. The molecule has 2 aromatic rings. The molecule has 26 heavy (non-hydrogen) atoms. The maximum Gasteiger partial charge on any atom is 0.231 e. The second-order valence-corrected chi connectivity index (χ2v) is 6.79. The van der Waals surface area contributed by atoms with E-state index in [4.69, 9.17) is 14.2 Å². The van der Waals surface area contributed by atoms with E-state index < -0.39 is 0 Å². The summed E-state index contributed by atoms with van der Waals surface area (Å²) in [5.74, 6) is 0.835. The fourth-order valence-electron chi connectivity index (χ4n) is 3.86. The van der Waals surface area contributed by atoms with Gasteiger partial charge < -0.3 is 19.1 Å². The van der Waals surface area contributed by atoms with Crippen molar-refractivity contribution in [2.45, 2.75) is 25.9 Å². The van der Waals surface area contributed by atoms with Crippen LogP contribution in [-0.2, 0) is 6.61 Å². The van der Waals surface area contributed by atoms with Crippen molar-refractivity contribution in [3.8, 4) is 17.2 Å². The van der Waals surface area contributed by atoms with Gasteiger partial charge in [0.2, 0.25) is 6.79 Å². The molecule has 0 unspecified atom stereocenters. The van der Waals surface area contributed by atoms with Crippen LogP contribution in [0.3, 0.4) is 0 Å². The van der Waals surface area contributed by atoms with Gasteiger partial charge in [-0.15, -0.1) is 0 Å². The first-order valence-electron chi connectivity index (χ1n) is 8.90. The van der Waals surface area contributed by atoms with Crippen molar-refractivity contribution in [1.29, 1.82) is 0 Å². The molecular formula is C20H18FNO4. The first-order chi connectivity index (χ1) is 12.7. The third kappa shape index (κ3) is 2.32. The van der Waals surface area contributed by atoms with Crippen molar-refractivity contribution in [3.63, 3.8) is 0 Å². The summed E-state index contributed by atoms with van der Waals surface area (Å²) in [6.45, 7) is 1.82. The molecule has 0 bridgehead atoms. The molecule has 6 heteroatoms. The van der Waals surface area contributed by atoms with Crippen molar-refractivity contribution in [2.75, 3.05) is 24.8 Å². The Bertz CT molecular complexity index is 905. The highest BCUT2D eigenvalue weighted by Gasteiger charge is 2.30. The van der Waals surface area contributed by atoms with Crippen LogP contribution in [0.2, 0.25) is 0 Å². The molecule has 0 aromatic heterocycles. The van der Waals surface area contributed by atoms with Gasteiger partial charge in [0.05, 0.1) is 11.3 Å². The third-order valence-corrected chi connectivity index (χ3v) is 5.26. The number of hydrogen-bond donors (Lipinski definition) is 0. The number of nitrogens with zero attached hydrogens (tertiary/aromatic N) is 1. The number of carbonyl (C=O) groups is 1. The molecule has 0 saturated carbocycles. The van der Waals surface area contributed by atoms with E-state index in [2.05, 4.69) is 4.90 Å². The third-order valence-electron chi connectivity index (χ3n) is 5.26. The minimum absolute atomic E-state index is 0.0151. The Labute approximate surface area is 150 Å². The van der Waals surface area contributed by atoms with Gasteiger partial charge in [-0.2, -0.15) is 0 Å². The first kappa shape index (κ1) is 15.5. The maximum atomic E-state index is 15.2. The van der Waals surface area contributed by atoms with E-state index in [1.54, 1.807) is 24.3 Å². The summed E-state index contributed by atoms with van der Waals surface area (Å²) in [5.41, 5.74) is 1.59. The molecule has 3 aliphatic heterocycles. The van der Waals surface area contributed by atoms with Crippen LogP contribution in [0, 0.1) is 5.82 Å². The number of piperidine rings is 1. The van der Waals surface area contributed by atoms with E-state index in [-0.39, 0.29) is 25.0 Å². The molecule has 0 spiro atoms. The highest BCUT2D eigenvalue weighted by Crippen LogP contribution is 2.41. The van der Waals surface area contributed by atoms with Crippen LogP contribution in [0.1, 0.15) is 40.7 Å². The summed E-state index contributed by atoms with van der Waals surface area (Å²) in [7, 11) is 0. The Morgan fingerprint density at radius 3 is 2.46 bits per heavy atom. The van der Waals surface area contributed by atoms with Gasteiger partial charge in [0.1, 0.15) is 12.4 Å². The van der Waals surface area contributed by atoms with E-state index in [1.807, 2.05) is 0 Å². The van der Waals surface area contributed by atoms with E-state index in [1.165, 1.54) is 6.42 Å². The molecule has 3 aliphatic rings. The van der Waals surface area contributed by atoms with Crippen molar-refractivity contribution in [2.24, 2.45) is 0 Å². The van der Waals surface area contributed by atoms with Crippen molar-refractivity contribution >= 4 is 11.5 Å². The molecular weight excluding hydrogens is 337 g/mol. The molecule has 0 amide bonds. The van der Waals surface area contributed by atoms with Gasteiger partial charge in [-0.05, 0) is 37.5 Å². The molecule has 1 fully saturated rings. The Kier molecular flexibility index (Phi) is 3.51. The number of fused-ring (bicyclic) bond motifs is 3. The molecule has 134 valence electrons. The minimum atomic E-state index is -0.356. The number of benzene rings is 2. The number of ketones is 1. The molecule has 0 radical (unpaired) electrons. The van der Waals surface area contributed by atoms with Crippen molar-refractivity contribution < 1.29 is 23.4 Å². The lowest BCUT2D eigenvalue weighted by Crippen LogP contribution is -2.30. The number of rotatable bonds is 1. The summed E-state index contributed by atoms with van der Waals surface area (Å²) >= 11 is 0. The molecule has 5 rings (SSSR count). The fourth-order valence-corrected chi connectivity index (χ4v) is 3.86. The topological polar surface area (TPSA) is 48.0 Å².